The summed E-state index contributed by atoms with van der Waals surface area (Å²) in [6.45, 7) is 5.62. The molecule has 7 nitrogen and oxygen atoms in total. The Kier molecular flexibility index (Phi) is 10.2. The summed E-state index contributed by atoms with van der Waals surface area (Å²) >= 11 is 12.2. The van der Waals surface area contributed by atoms with Gasteiger partial charge in [0.1, 0.15) is 12.6 Å². The van der Waals surface area contributed by atoms with E-state index in [1.165, 1.54) is 4.90 Å². The number of nitrogens with zero attached hydrogens (tertiary/aromatic N) is 2. The van der Waals surface area contributed by atoms with Crippen molar-refractivity contribution in [2.45, 2.75) is 46.2 Å². The summed E-state index contributed by atoms with van der Waals surface area (Å²) in [5.74, 6) is -0.794. The summed E-state index contributed by atoms with van der Waals surface area (Å²) < 4.78 is 26.4. The second-order valence-corrected chi connectivity index (χ2v) is 10.8. The average Bonchev–Trinajstić information content (AvgIpc) is 2.78. The maximum absolute atomic E-state index is 13.6. The van der Waals surface area contributed by atoms with E-state index >= 15 is 0 Å². The Morgan fingerprint density at radius 1 is 1.06 bits per heavy atom. The summed E-state index contributed by atoms with van der Waals surface area (Å²) in [5.41, 5.74) is 1.80. The maximum Gasteiger partial charge on any atom is 0.244 e. The van der Waals surface area contributed by atoms with Crippen LogP contribution < -0.4 is 9.62 Å². The minimum atomic E-state index is -3.77. The molecule has 0 heterocycles. The third kappa shape index (κ3) is 7.35. The van der Waals surface area contributed by atoms with E-state index in [2.05, 4.69) is 5.32 Å². The van der Waals surface area contributed by atoms with E-state index in [4.69, 9.17) is 23.2 Å². The van der Waals surface area contributed by atoms with Gasteiger partial charge >= 0.3 is 0 Å². The van der Waals surface area contributed by atoms with Crippen molar-refractivity contribution in [3.63, 3.8) is 0 Å². The Labute approximate surface area is 212 Å². The second-order valence-electron chi connectivity index (χ2n) is 8.04. The van der Waals surface area contributed by atoms with Crippen LogP contribution in [0, 0.1) is 6.92 Å². The first-order valence-corrected chi connectivity index (χ1v) is 13.6. The molecule has 0 unspecified atom stereocenters. The van der Waals surface area contributed by atoms with Gasteiger partial charge in [-0.3, -0.25) is 13.9 Å². The number of aryl methyl sites for hydroxylation is 1. The molecule has 1 atom stereocenters. The van der Waals surface area contributed by atoms with E-state index in [1.807, 2.05) is 6.92 Å². The van der Waals surface area contributed by atoms with Gasteiger partial charge in [0.2, 0.25) is 21.8 Å². The highest BCUT2D eigenvalue weighted by molar-refractivity contribution is 7.92. The molecule has 2 aromatic rings. The molecule has 0 bridgehead atoms. The molecule has 186 valence electrons. The summed E-state index contributed by atoms with van der Waals surface area (Å²) in [6, 6.07) is 11.1. The predicted octanol–water partition coefficient (Wildman–Crippen LogP) is 4.40. The van der Waals surface area contributed by atoms with Crippen molar-refractivity contribution in [1.82, 2.24) is 10.2 Å². The van der Waals surface area contributed by atoms with Crippen LogP contribution in [-0.2, 0) is 26.2 Å². The quantitative estimate of drug-likeness (QED) is 0.469. The number of sulfonamides is 1. The number of anilines is 1. The zero-order valence-corrected chi connectivity index (χ0v) is 22.2. The van der Waals surface area contributed by atoms with Crippen LogP contribution in [0.1, 0.15) is 37.8 Å². The summed E-state index contributed by atoms with van der Waals surface area (Å²) in [7, 11) is -3.77. The lowest BCUT2D eigenvalue weighted by Crippen LogP contribution is -2.52. The third-order valence-corrected chi connectivity index (χ3v) is 7.20. The normalized spacial score (nSPS) is 12.2. The molecule has 2 rings (SSSR count). The summed E-state index contributed by atoms with van der Waals surface area (Å²) in [4.78, 5) is 27.9. The number of nitrogens with one attached hydrogen (secondary N) is 1. The Hall–Kier alpha value is -2.29. The monoisotopic (exact) mass is 527 g/mol. The van der Waals surface area contributed by atoms with Gasteiger partial charge in [-0.1, -0.05) is 61.3 Å². The van der Waals surface area contributed by atoms with Crippen molar-refractivity contribution in [3.8, 4) is 0 Å². The number of benzene rings is 2. The van der Waals surface area contributed by atoms with Crippen LogP contribution in [0.3, 0.4) is 0 Å². The van der Waals surface area contributed by atoms with Gasteiger partial charge in [0.05, 0.1) is 22.0 Å². The van der Waals surface area contributed by atoms with E-state index in [0.717, 1.165) is 17.0 Å². The van der Waals surface area contributed by atoms with E-state index in [-0.39, 0.29) is 12.5 Å². The molecule has 10 heteroatoms. The first kappa shape index (κ1) is 28.0. The van der Waals surface area contributed by atoms with Gasteiger partial charge in [-0.25, -0.2) is 8.42 Å². The molecule has 0 aromatic heterocycles. The van der Waals surface area contributed by atoms with E-state index in [1.54, 1.807) is 56.3 Å². The minimum Gasteiger partial charge on any atom is -0.354 e. The molecule has 0 aliphatic carbocycles. The van der Waals surface area contributed by atoms with Crippen LogP contribution in [0.4, 0.5) is 5.69 Å². The van der Waals surface area contributed by atoms with Crippen molar-refractivity contribution in [1.29, 1.82) is 0 Å². The number of halogens is 2. The molecule has 0 aliphatic heterocycles. The molecule has 34 heavy (non-hydrogen) atoms. The second kappa shape index (κ2) is 12.4. The summed E-state index contributed by atoms with van der Waals surface area (Å²) in [5, 5.41) is 3.54. The molecule has 0 saturated carbocycles. The highest BCUT2D eigenvalue weighted by Gasteiger charge is 2.32. The Morgan fingerprint density at radius 3 is 2.29 bits per heavy atom. The largest absolute Gasteiger partial charge is 0.354 e. The fourth-order valence-corrected chi connectivity index (χ4v) is 4.79. The number of rotatable bonds is 11. The van der Waals surface area contributed by atoms with Gasteiger partial charge in [0.25, 0.3) is 0 Å². The van der Waals surface area contributed by atoms with Gasteiger partial charge < -0.3 is 10.2 Å². The highest BCUT2D eigenvalue weighted by Crippen LogP contribution is 2.25. The average molecular weight is 529 g/mol. The van der Waals surface area contributed by atoms with Crippen LogP contribution in [0.25, 0.3) is 0 Å². The molecule has 0 aliphatic rings. The smallest absolute Gasteiger partial charge is 0.244 e. The number of para-hydroxylation sites is 1. The Balaban J connectivity index is 2.46. The van der Waals surface area contributed by atoms with Crippen LogP contribution in [0.5, 0.6) is 0 Å². The molecular formula is C24H31Cl2N3O4S. The third-order valence-electron chi connectivity index (χ3n) is 5.34. The number of hydrogen-bond donors (Lipinski definition) is 1. The van der Waals surface area contributed by atoms with E-state index in [0.29, 0.717) is 39.8 Å². The minimum absolute atomic E-state index is 0.0686. The van der Waals surface area contributed by atoms with Crippen molar-refractivity contribution < 1.29 is 18.0 Å². The van der Waals surface area contributed by atoms with Crippen LogP contribution >= 0.6 is 23.2 Å². The first-order chi connectivity index (χ1) is 16.0. The molecule has 0 spiro atoms. The van der Waals surface area contributed by atoms with Crippen molar-refractivity contribution in [2.24, 2.45) is 0 Å². The van der Waals surface area contributed by atoms with Gasteiger partial charge in [0, 0.05) is 13.1 Å². The Bertz CT molecular complexity index is 1120. The SMILES string of the molecule is CCCNC(=O)[C@@H](CC)N(Cc1ccc(Cl)c(Cl)c1)C(=O)CN(c1ccccc1C)S(C)(=O)=O. The fraction of sp³-hybridized carbons (Fsp3) is 0.417. The fourth-order valence-electron chi connectivity index (χ4n) is 3.56. The van der Waals surface area contributed by atoms with E-state index in [9.17, 15) is 18.0 Å². The van der Waals surface area contributed by atoms with Gasteiger partial charge in [-0.2, -0.15) is 0 Å². The lowest BCUT2D eigenvalue weighted by molar-refractivity contribution is -0.140. The summed E-state index contributed by atoms with van der Waals surface area (Å²) in [6.07, 6.45) is 2.16. The zero-order valence-electron chi connectivity index (χ0n) is 19.8. The number of carbonyl (C=O) groups is 2. The first-order valence-electron chi connectivity index (χ1n) is 11.0. The van der Waals surface area contributed by atoms with Gasteiger partial charge in [-0.15, -0.1) is 0 Å². The number of carbonyl (C=O) groups excluding carboxylic acids is 2. The molecular weight excluding hydrogens is 497 g/mol. The van der Waals surface area contributed by atoms with Crippen LogP contribution in [-0.4, -0.2) is 50.5 Å². The number of amides is 2. The Morgan fingerprint density at radius 2 is 1.74 bits per heavy atom. The van der Waals surface area contributed by atoms with Crippen molar-refractivity contribution in [2.75, 3.05) is 23.7 Å². The molecule has 1 N–H and O–H groups in total. The molecule has 0 radical (unpaired) electrons. The zero-order chi connectivity index (χ0) is 25.5. The maximum atomic E-state index is 13.6. The molecule has 0 fully saturated rings. The standard InChI is InChI=1S/C24H31Cl2N3O4S/c1-5-13-27-24(31)21(6-2)28(15-18-11-12-19(25)20(26)14-18)23(30)16-29(34(4,32)33)22-10-8-7-9-17(22)3/h7-12,14,21H,5-6,13,15-16H2,1-4H3,(H,27,31)/t21-/m1/s1. The molecule has 2 aromatic carbocycles. The van der Waals surface area contributed by atoms with Crippen LogP contribution in [0.15, 0.2) is 42.5 Å². The molecule has 2 amide bonds. The van der Waals surface area contributed by atoms with Crippen LogP contribution in [0.2, 0.25) is 10.0 Å². The molecule has 0 saturated heterocycles. The van der Waals surface area contributed by atoms with E-state index < -0.39 is 28.5 Å². The lowest BCUT2D eigenvalue weighted by atomic mass is 10.1. The van der Waals surface area contributed by atoms with Crippen molar-refractivity contribution in [3.05, 3.63) is 63.6 Å². The highest BCUT2D eigenvalue weighted by atomic mass is 35.5. The lowest BCUT2D eigenvalue weighted by Gasteiger charge is -2.33. The number of hydrogen-bond acceptors (Lipinski definition) is 4. The topological polar surface area (TPSA) is 86.8 Å². The van der Waals surface area contributed by atoms with Gasteiger partial charge in [0.15, 0.2) is 0 Å². The van der Waals surface area contributed by atoms with Gasteiger partial charge in [-0.05, 0) is 49.1 Å². The predicted molar refractivity (Wildman–Crippen MR) is 138 cm³/mol. The van der Waals surface area contributed by atoms with Crippen molar-refractivity contribution >= 4 is 50.7 Å².